The van der Waals surface area contributed by atoms with E-state index in [1.807, 2.05) is 0 Å². The fraction of sp³-hybridized carbons (Fsp3) is 1.00. The quantitative estimate of drug-likeness (QED) is 0.521. The summed E-state index contributed by atoms with van der Waals surface area (Å²) >= 11 is 0. The van der Waals surface area contributed by atoms with Crippen molar-refractivity contribution in [2.24, 2.45) is 23.7 Å². The van der Waals surface area contributed by atoms with E-state index >= 15 is 0 Å². The van der Waals surface area contributed by atoms with Gasteiger partial charge < -0.3 is 0 Å². The Morgan fingerprint density at radius 3 is 2.25 bits per heavy atom. The van der Waals surface area contributed by atoms with Crippen LogP contribution in [0.5, 0.6) is 0 Å². The van der Waals surface area contributed by atoms with Gasteiger partial charge >= 0.3 is 0 Å². The molecule has 0 N–H and O–H groups in total. The number of rotatable bonds is 3. The smallest absolute Gasteiger partial charge is 0.0510 e. The van der Waals surface area contributed by atoms with Gasteiger partial charge in [0.1, 0.15) is 0 Å². The molecule has 3 saturated carbocycles. The standard InChI is InChI=1S/C19H36Si/c1-15-8-10-16(11-9-15)14-20(2,3)19-13-12-17-6-4-5-7-18(17)19/h15-19H,4-14H2,1-3H3. The van der Waals surface area contributed by atoms with E-state index in [-0.39, 0.29) is 0 Å². The zero-order valence-corrected chi connectivity index (χ0v) is 15.2. The van der Waals surface area contributed by atoms with Crippen LogP contribution in [-0.2, 0) is 0 Å². The summed E-state index contributed by atoms with van der Waals surface area (Å²) in [6.07, 6.45) is 15.6. The van der Waals surface area contributed by atoms with Gasteiger partial charge in [0.25, 0.3) is 0 Å². The predicted molar refractivity (Wildman–Crippen MR) is 91.8 cm³/mol. The lowest BCUT2D eigenvalue weighted by atomic mass is 9.82. The first-order chi connectivity index (χ1) is 9.56. The molecule has 3 rings (SSSR count). The maximum absolute atomic E-state index is 2.76. The fourth-order valence-corrected chi connectivity index (χ4v) is 10.9. The predicted octanol–water partition coefficient (Wildman–Crippen LogP) is 6.49. The van der Waals surface area contributed by atoms with Crippen molar-refractivity contribution in [2.75, 3.05) is 0 Å². The molecular formula is C19H36Si. The molecule has 0 aliphatic heterocycles. The molecule has 0 heterocycles. The lowest BCUT2D eigenvalue weighted by Gasteiger charge is -2.40. The molecule has 0 aromatic carbocycles. The minimum atomic E-state index is -0.988. The molecule has 116 valence electrons. The summed E-state index contributed by atoms with van der Waals surface area (Å²) < 4.78 is 0. The Morgan fingerprint density at radius 1 is 0.800 bits per heavy atom. The van der Waals surface area contributed by atoms with Crippen LogP contribution >= 0.6 is 0 Å². The van der Waals surface area contributed by atoms with E-state index in [0.717, 1.165) is 23.7 Å². The van der Waals surface area contributed by atoms with Crippen molar-refractivity contribution in [1.82, 2.24) is 0 Å². The van der Waals surface area contributed by atoms with Crippen LogP contribution in [0, 0.1) is 23.7 Å². The molecule has 20 heavy (non-hydrogen) atoms. The number of hydrogen-bond acceptors (Lipinski definition) is 0. The van der Waals surface area contributed by atoms with Crippen molar-refractivity contribution in [1.29, 1.82) is 0 Å². The normalized spacial score (nSPS) is 42.5. The van der Waals surface area contributed by atoms with Gasteiger partial charge in [-0.2, -0.15) is 0 Å². The molecule has 0 bridgehead atoms. The largest absolute Gasteiger partial charge is 0.0691 e. The first-order valence-corrected chi connectivity index (χ1v) is 12.8. The second-order valence-corrected chi connectivity index (χ2v) is 14.3. The molecule has 0 nitrogen and oxygen atoms in total. The molecule has 1 heteroatoms. The van der Waals surface area contributed by atoms with Gasteiger partial charge in [-0.15, -0.1) is 0 Å². The van der Waals surface area contributed by atoms with E-state index in [1.165, 1.54) is 24.8 Å². The first-order valence-electron chi connectivity index (χ1n) is 9.56. The van der Waals surface area contributed by atoms with Gasteiger partial charge in [-0.05, 0) is 29.2 Å². The maximum Gasteiger partial charge on any atom is 0.0510 e. The van der Waals surface area contributed by atoms with Crippen LogP contribution in [0.4, 0.5) is 0 Å². The zero-order valence-electron chi connectivity index (χ0n) is 14.2. The molecule has 0 aromatic rings. The van der Waals surface area contributed by atoms with Gasteiger partial charge in [0.2, 0.25) is 0 Å². The van der Waals surface area contributed by atoms with E-state index < -0.39 is 8.07 Å². The van der Waals surface area contributed by atoms with Crippen molar-refractivity contribution in [3.8, 4) is 0 Å². The van der Waals surface area contributed by atoms with Crippen molar-refractivity contribution >= 4 is 8.07 Å². The van der Waals surface area contributed by atoms with E-state index in [2.05, 4.69) is 20.0 Å². The third-order valence-corrected chi connectivity index (χ3v) is 11.6. The summed E-state index contributed by atoms with van der Waals surface area (Å²) in [5.74, 6) is 4.43. The Hall–Kier alpha value is 0.217. The van der Waals surface area contributed by atoms with E-state index in [9.17, 15) is 0 Å². The number of hydrogen-bond donors (Lipinski definition) is 0. The highest BCUT2D eigenvalue weighted by Gasteiger charge is 2.46. The van der Waals surface area contributed by atoms with Gasteiger partial charge in [0.15, 0.2) is 0 Å². The highest BCUT2D eigenvalue weighted by molar-refractivity contribution is 6.79. The Balaban J connectivity index is 1.59. The van der Waals surface area contributed by atoms with Gasteiger partial charge in [0, 0.05) is 0 Å². The van der Waals surface area contributed by atoms with Gasteiger partial charge in [-0.3, -0.25) is 0 Å². The minimum absolute atomic E-state index is 0.988. The van der Waals surface area contributed by atoms with Crippen LogP contribution in [0.3, 0.4) is 0 Å². The Bertz CT molecular complexity index is 314. The Morgan fingerprint density at radius 2 is 1.50 bits per heavy atom. The average molecular weight is 293 g/mol. The molecule has 3 aliphatic rings. The molecule has 3 aliphatic carbocycles. The molecule has 3 unspecified atom stereocenters. The second kappa shape index (κ2) is 6.14. The van der Waals surface area contributed by atoms with Crippen LogP contribution in [-0.4, -0.2) is 8.07 Å². The summed E-state index contributed by atoms with van der Waals surface area (Å²) in [5.41, 5.74) is 1.19. The zero-order chi connectivity index (χ0) is 14.2. The molecule has 0 aromatic heterocycles. The molecule has 3 atom stereocenters. The Kier molecular flexibility index (Phi) is 4.65. The van der Waals surface area contributed by atoms with Crippen LogP contribution in [0.25, 0.3) is 0 Å². The monoisotopic (exact) mass is 292 g/mol. The van der Waals surface area contributed by atoms with E-state index in [4.69, 9.17) is 0 Å². The molecule has 0 amide bonds. The van der Waals surface area contributed by atoms with E-state index in [0.29, 0.717) is 0 Å². The van der Waals surface area contributed by atoms with Crippen molar-refractivity contribution < 1.29 is 0 Å². The number of fused-ring (bicyclic) bond motifs is 1. The van der Waals surface area contributed by atoms with Gasteiger partial charge in [0.05, 0.1) is 8.07 Å². The lowest BCUT2D eigenvalue weighted by Crippen LogP contribution is -2.38. The summed E-state index contributed by atoms with van der Waals surface area (Å²) in [6.45, 7) is 7.97. The van der Waals surface area contributed by atoms with Crippen LogP contribution in [0.15, 0.2) is 0 Å². The average Bonchev–Trinajstić information content (AvgIpc) is 2.86. The highest BCUT2D eigenvalue weighted by Crippen LogP contribution is 2.54. The molecule has 3 fully saturated rings. The Labute approximate surface area is 128 Å². The topological polar surface area (TPSA) is 0 Å². The summed E-state index contributed by atoms with van der Waals surface area (Å²) in [4.78, 5) is 0. The second-order valence-electron chi connectivity index (χ2n) is 9.21. The van der Waals surface area contributed by atoms with Crippen molar-refractivity contribution in [2.45, 2.75) is 95.8 Å². The molecular weight excluding hydrogens is 256 g/mol. The third kappa shape index (κ3) is 3.18. The first kappa shape index (κ1) is 15.1. The highest BCUT2D eigenvalue weighted by atomic mass is 28.3. The van der Waals surface area contributed by atoms with Gasteiger partial charge in [-0.1, -0.05) is 90.3 Å². The lowest BCUT2D eigenvalue weighted by molar-refractivity contribution is 0.272. The molecule has 0 saturated heterocycles. The van der Waals surface area contributed by atoms with Crippen molar-refractivity contribution in [3.63, 3.8) is 0 Å². The van der Waals surface area contributed by atoms with Crippen LogP contribution in [0.1, 0.15) is 71.1 Å². The van der Waals surface area contributed by atoms with Gasteiger partial charge in [-0.25, -0.2) is 0 Å². The third-order valence-electron chi connectivity index (χ3n) is 7.29. The van der Waals surface area contributed by atoms with Crippen LogP contribution in [0.2, 0.25) is 24.7 Å². The summed E-state index contributed by atoms with van der Waals surface area (Å²) in [5, 5.41) is 0. The van der Waals surface area contributed by atoms with Crippen molar-refractivity contribution in [3.05, 3.63) is 0 Å². The van der Waals surface area contributed by atoms with E-state index in [1.54, 1.807) is 51.0 Å². The summed E-state index contributed by atoms with van der Waals surface area (Å²) in [7, 11) is -0.988. The summed E-state index contributed by atoms with van der Waals surface area (Å²) in [6, 6.07) is 1.66. The fourth-order valence-electron chi connectivity index (χ4n) is 6.13. The van der Waals surface area contributed by atoms with Crippen LogP contribution < -0.4 is 0 Å². The molecule has 0 radical (unpaired) electrons. The minimum Gasteiger partial charge on any atom is -0.0691 e. The SMILES string of the molecule is CC1CCC(C[Si](C)(C)C2CCC3CCCCC32)CC1. The molecule has 0 spiro atoms. The maximum atomic E-state index is 2.76.